The maximum Gasteiger partial charge on any atom is 0.0337 e. The average molecular weight is 354 g/mol. The number of allylic oxidation sites excluding steroid dienone is 4. The van der Waals surface area contributed by atoms with E-state index in [1.807, 2.05) is 0 Å². The molecule has 0 fully saturated rings. The van der Waals surface area contributed by atoms with Crippen LogP contribution in [0.4, 0.5) is 0 Å². The van der Waals surface area contributed by atoms with Crippen LogP contribution in [-0.4, -0.2) is 0 Å². The lowest BCUT2D eigenvalue weighted by Gasteiger charge is -2.30. The minimum atomic E-state index is -0.522. The highest BCUT2D eigenvalue weighted by atomic mass is 31.1. The third kappa shape index (κ3) is 3.57. The van der Waals surface area contributed by atoms with Crippen LogP contribution in [0.15, 0.2) is 109 Å². The topological polar surface area (TPSA) is 0 Å². The maximum atomic E-state index is 2.37. The minimum absolute atomic E-state index is 0.407. The van der Waals surface area contributed by atoms with Crippen molar-refractivity contribution in [1.29, 1.82) is 0 Å². The van der Waals surface area contributed by atoms with Crippen LogP contribution >= 0.6 is 7.92 Å². The number of rotatable bonds is 5. The molecule has 128 valence electrons. The molecule has 0 bridgehead atoms. The highest BCUT2D eigenvalue weighted by Crippen LogP contribution is 2.54. The fourth-order valence-corrected chi connectivity index (χ4v) is 6.52. The summed E-state index contributed by atoms with van der Waals surface area (Å²) in [6, 6.07) is 31.1. The van der Waals surface area contributed by atoms with Gasteiger partial charge in [-0.25, -0.2) is 0 Å². The zero-order chi connectivity index (χ0) is 17.8. The van der Waals surface area contributed by atoms with Crippen molar-refractivity contribution >= 4 is 18.5 Å². The summed E-state index contributed by atoms with van der Waals surface area (Å²) in [6.07, 6.45) is 7.87. The molecule has 1 heteroatoms. The normalized spacial score (nSPS) is 14.5. The van der Waals surface area contributed by atoms with E-state index in [0.717, 1.165) is 6.42 Å². The molecule has 1 unspecified atom stereocenters. The highest BCUT2D eigenvalue weighted by molar-refractivity contribution is 7.73. The Hall–Kier alpha value is -2.43. The first-order valence-electron chi connectivity index (χ1n) is 9.14. The van der Waals surface area contributed by atoms with E-state index in [1.165, 1.54) is 27.3 Å². The molecule has 0 heterocycles. The van der Waals surface area contributed by atoms with Gasteiger partial charge in [0.2, 0.25) is 0 Å². The smallest absolute Gasteiger partial charge is 0.0337 e. The van der Waals surface area contributed by atoms with E-state index >= 15 is 0 Å². The summed E-state index contributed by atoms with van der Waals surface area (Å²) in [5.41, 5.74) is 4.69. The standard InChI is InChI=1S/C25H23P/c1-20-11-10-14-22(19-20)25(21-12-8-9-13-21)26(23-15-4-2-5-16-23)24-17-6-3-7-18-24/h2-12,14-19,25H,13H2,1H3. The SMILES string of the molecule is Cc1cccc(C(C2=CC=CC2)P(c2ccccc2)c2ccccc2)c1. The molecule has 0 aromatic heterocycles. The Morgan fingerprint density at radius 1 is 0.769 bits per heavy atom. The monoisotopic (exact) mass is 354 g/mol. The van der Waals surface area contributed by atoms with Crippen molar-refractivity contribution in [3.8, 4) is 0 Å². The van der Waals surface area contributed by atoms with Gasteiger partial charge in [-0.3, -0.25) is 0 Å². The minimum Gasteiger partial charge on any atom is -0.0804 e. The Balaban J connectivity index is 1.89. The fraction of sp³-hybridized carbons (Fsp3) is 0.120. The van der Waals surface area contributed by atoms with Crippen LogP contribution in [0, 0.1) is 6.92 Å². The van der Waals surface area contributed by atoms with E-state index in [0.29, 0.717) is 5.66 Å². The molecule has 0 spiro atoms. The summed E-state index contributed by atoms with van der Waals surface area (Å²) in [7, 11) is -0.522. The molecule has 1 aliphatic carbocycles. The molecule has 0 saturated carbocycles. The van der Waals surface area contributed by atoms with Crippen molar-refractivity contribution in [2.45, 2.75) is 19.0 Å². The second-order valence-electron chi connectivity index (χ2n) is 6.73. The van der Waals surface area contributed by atoms with Crippen LogP contribution in [0.3, 0.4) is 0 Å². The first-order chi connectivity index (χ1) is 12.8. The molecule has 0 saturated heterocycles. The van der Waals surface area contributed by atoms with Crippen molar-refractivity contribution < 1.29 is 0 Å². The molecule has 1 aliphatic rings. The van der Waals surface area contributed by atoms with Crippen molar-refractivity contribution in [3.63, 3.8) is 0 Å². The lowest BCUT2D eigenvalue weighted by molar-refractivity contribution is 1.05. The van der Waals surface area contributed by atoms with Crippen molar-refractivity contribution in [2.24, 2.45) is 0 Å². The lowest BCUT2D eigenvalue weighted by atomic mass is 10.0. The average Bonchev–Trinajstić information content (AvgIpc) is 3.21. The second-order valence-corrected chi connectivity index (χ2v) is 9.02. The predicted molar refractivity (Wildman–Crippen MR) is 115 cm³/mol. The van der Waals surface area contributed by atoms with Gasteiger partial charge < -0.3 is 0 Å². The van der Waals surface area contributed by atoms with Gasteiger partial charge in [0.15, 0.2) is 0 Å². The van der Waals surface area contributed by atoms with Crippen LogP contribution in [-0.2, 0) is 0 Å². The fourth-order valence-electron chi connectivity index (χ4n) is 3.66. The largest absolute Gasteiger partial charge is 0.0804 e. The summed E-state index contributed by atoms with van der Waals surface area (Å²) < 4.78 is 0. The summed E-state index contributed by atoms with van der Waals surface area (Å²) in [6.45, 7) is 2.19. The van der Waals surface area contributed by atoms with Gasteiger partial charge in [0.05, 0.1) is 0 Å². The van der Waals surface area contributed by atoms with Gasteiger partial charge >= 0.3 is 0 Å². The molecule has 4 rings (SSSR count). The zero-order valence-electron chi connectivity index (χ0n) is 15.0. The number of aryl methyl sites for hydroxylation is 1. The van der Waals surface area contributed by atoms with Crippen molar-refractivity contribution in [3.05, 3.63) is 120 Å². The molecule has 1 atom stereocenters. The first kappa shape index (κ1) is 17.0. The summed E-state index contributed by atoms with van der Waals surface area (Å²) in [5.74, 6) is 0. The molecule has 0 radical (unpaired) electrons. The quantitative estimate of drug-likeness (QED) is 0.489. The Bertz CT molecular complexity index is 883. The third-order valence-electron chi connectivity index (χ3n) is 4.84. The number of benzene rings is 3. The van der Waals surface area contributed by atoms with Gasteiger partial charge in [0.1, 0.15) is 0 Å². The van der Waals surface area contributed by atoms with E-state index < -0.39 is 7.92 Å². The molecule has 0 amide bonds. The molecular formula is C25H23P. The first-order valence-corrected chi connectivity index (χ1v) is 10.6. The predicted octanol–water partition coefficient (Wildman–Crippen LogP) is 6.06. The molecule has 3 aromatic rings. The van der Waals surface area contributed by atoms with Crippen molar-refractivity contribution in [1.82, 2.24) is 0 Å². The molecule has 0 nitrogen and oxygen atoms in total. The van der Waals surface area contributed by atoms with Gasteiger partial charge in [-0.1, -0.05) is 114 Å². The van der Waals surface area contributed by atoms with E-state index in [2.05, 4.69) is 110 Å². The van der Waals surface area contributed by atoms with Gasteiger partial charge in [0.25, 0.3) is 0 Å². The second kappa shape index (κ2) is 7.85. The Labute approximate surface area is 157 Å². The Morgan fingerprint density at radius 3 is 1.96 bits per heavy atom. The van der Waals surface area contributed by atoms with Crippen LogP contribution in [0.25, 0.3) is 0 Å². The van der Waals surface area contributed by atoms with Crippen molar-refractivity contribution in [2.75, 3.05) is 0 Å². The molecular weight excluding hydrogens is 331 g/mol. The van der Waals surface area contributed by atoms with E-state index in [4.69, 9.17) is 0 Å². The summed E-state index contributed by atoms with van der Waals surface area (Å²) in [5, 5.41) is 2.88. The number of hydrogen-bond donors (Lipinski definition) is 0. The zero-order valence-corrected chi connectivity index (χ0v) is 15.9. The van der Waals surface area contributed by atoms with Crippen LogP contribution in [0.2, 0.25) is 0 Å². The third-order valence-corrected chi connectivity index (χ3v) is 7.69. The Morgan fingerprint density at radius 2 is 1.42 bits per heavy atom. The van der Waals surface area contributed by atoms with E-state index in [-0.39, 0.29) is 0 Å². The maximum absolute atomic E-state index is 2.37. The van der Waals surface area contributed by atoms with E-state index in [9.17, 15) is 0 Å². The highest BCUT2D eigenvalue weighted by Gasteiger charge is 2.29. The lowest BCUT2D eigenvalue weighted by Crippen LogP contribution is -2.18. The van der Waals surface area contributed by atoms with Gasteiger partial charge in [-0.2, -0.15) is 0 Å². The summed E-state index contributed by atoms with van der Waals surface area (Å²) in [4.78, 5) is 0. The molecule has 0 N–H and O–H groups in total. The van der Waals surface area contributed by atoms with Gasteiger partial charge in [-0.05, 0) is 37.4 Å². The number of hydrogen-bond acceptors (Lipinski definition) is 0. The Kier molecular flexibility index (Phi) is 5.14. The molecule has 26 heavy (non-hydrogen) atoms. The summed E-state index contributed by atoms with van der Waals surface area (Å²) >= 11 is 0. The van der Waals surface area contributed by atoms with Gasteiger partial charge in [0, 0.05) is 5.66 Å². The van der Waals surface area contributed by atoms with E-state index in [1.54, 1.807) is 0 Å². The molecule has 3 aromatic carbocycles. The van der Waals surface area contributed by atoms with Crippen LogP contribution in [0.1, 0.15) is 23.2 Å². The van der Waals surface area contributed by atoms with Gasteiger partial charge in [-0.15, -0.1) is 0 Å². The van der Waals surface area contributed by atoms with Crippen LogP contribution < -0.4 is 10.6 Å². The molecule has 0 aliphatic heterocycles. The van der Waals surface area contributed by atoms with Crippen LogP contribution in [0.5, 0.6) is 0 Å².